The number of nitrogens with zero attached hydrogens (tertiary/aromatic N) is 1. The van der Waals surface area contributed by atoms with Gasteiger partial charge in [0, 0.05) is 12.4 Å². The van der Waals surface area contributed by atoms with Crippen LogP contribution in [0.5, 0.6) is 0 Å². The molecule has 1 nitrogen and oxygen atoms in total. The van der Waals surface area contributed by atoms with Crippen molar-refractivity contribution in [3.63, 3.8) is 0 Å². The summed E-state index contributed by atoms with van der Waals surface area (Å²) in [4.78, 5) is 4.01. The highest BCUT2D eigenvalue weighted by Gasteiger charge is 1.86. The fourth-order valence-electron chi connectivity index (χ4n) is 0.628. The van der Waals surface area contributed by atoms with Gasteiger partial charge in [-0.1, -0.05) is 17.8 Å². The Morgan fingerprint density at radius 2 is 2.50 bits per heavy atom. The Morgan fingerprint density at radius 3 is 3.10 bits per heavy atom. The van der Waals surface area contributed by atoms with E-state index in [4.69, 9.17) is 0 Å². The third-order valence-electron chi connectivity index (χ3n) is 1.08. The second-order valence-electron chi connectivity index (χ2n) is 1.89. The van der Waals surface area contributed by atoms with Crippen molar-refractivity contribution in [2.24, 2.45) is 0 Å². The Morgan fingerprint density at radius 1 is 1.60 bits per heavy atom. The van der Waals surface area contributed by atoms with Crippen molar-refractivity contribution in [1.82, 2.24) is 4.98 Å². The highest BCUT2D eigenvalue weighted by Crippen LogP contribution is 1.76. The number of pyridine rings is 1. The van der Waals surface area contributed by atoms with E-state index in [2.05, 4.69) is 22.8 Å². The van der Waals surface area contributed by atoms with E-state index in [1.165, 1.54) is 5.19 Å². The van der Waals surface area contributed by atoms with Crippen molar-refractivity contribution in [1.29, 1.82) is 0 Å². The largest absolute Gasteiger partial charge is 0.265 e. The van der Waals surface area contributed by atoms with Gasteiger partial charge >= 0.3 is 0 Å². The van der Waals surface area contributed by atoms with Crippen molar-refractivity contribution in [3.8, 4) is 0 Å². The summed E-state index contributed by atoms with van der Waals surface area (Å²) in [6.07, 6.45) is 5.76. The number of hydrogen-bond acceptors (Lipinski definition) is 1. The van der Waals surface area contributed by atoms with Crippen LogP contribution < -0.4 is 5.19 Å². The molecule has 0 atom stereocenters. The average Bonchev–Trinajstić information content (AvgIpc) is 2.03. The van der Waals surface area contributed by atoms with Crippen LogP contribution in [0.3, 0.4) is 0 Å². The molecular formula is C8H9NSi. The number of aromatic nitrogens is 1. The molecule has 1 aromatic heterocycles. The van der Waals surface area contributed by atoms with E-state index >= 15 is 0 Å². The predicted molar refractivity (Wildman–Crippen MR) is 44.4 cm³/mol. The molecule has 2 radical (unpaired) electrons. The summed E-state index contributed by atoms with van der Waals surface area (Å²) in [5.41, 5.74) is 2.15. The second kappa shape index (κ2) is 4.01. The first-order valence-electron chi connectivity index (χ1n) is 3.21. The van der Waals surface area contributed by atoms with E-state index < -0.39 is 0 Å². The lowest BCUT2D eigenvalue weighted by molar-refractivity contribution is 1.35. The zero-order valence-corrected chi connectivity index (χ0v) is 6.91. The zero-order valence-electron chi connectivity index (χ0n) is 5.91. The molecule has 50 valence electrons. The van der Waals surface area contributed by atoms with Crippen LogP contribution >= 0.6 is 0 Å². The molecule has 0 saturated carbocycles. The van der Waals surface area contributed by atoms with Gasteiger partial charge in [0.1, 0.15) is 9.52 Å². The van der Waals surface area contributed by atoms with Crippen LogP contribution in [0.1, 0.15) is 6.92 Å². The maximum atomic E-state index is 4.01. The van der Waals surface area contributed by atoms with E-state index in [0.717, 1.165) is 9.52 Å². The normalized spacial score (nSPS) is 10.5. The van der Waals surface area contributed by atoms with E-state index in [-0.39, 0.29) is 0 Å². The van der Waals surface area contributed by atoms with Gasteiger partial charge in [-0.3, -0.25) is 4.98 Å². The van der Waals surface area contributed by atoms with Crippen LogP contribution in [-0.4, -0.2) is 14.5 Å². The van der Waals surface area contributed by atoms with Crippen molar-refractivity contribution < 1.29 is 0 Å². The fraction of sp³-hybridized carbons (Fsp3) is 0.125. The molecule has 0 spiro atoms. The predicted octanol–water partition coefficient (Wildman–Crippen LogP) is 0.945. The van der Waals surface area contributed by atoms with Crippen LogP contribution in [0.25, 0.3) is 0 Å². The quantitative estimate of drug-likeness (QED) is 0.567. The van der Waals surface area contributed by atoms with Gasteiger partial charge < -0.3 is 0 Å². The van der Waals surface area contributed by atoms with Gasteiger partial charge in [0.25, 0.3) is 0 Å². The zero-order chi connectivity index (χ0) is 7.23. The third kappa shape index (κ3) is 2.15. The lowest BCUT2D eigenvalue weighted by Crippen LogP contribution is -2.11. The molecule has 0 aromatic carbocycles. The van der Waals surface area contributed by atoms with Gasteiger partial charge in [-0.15, -0.1) is 0 Å². The first-order valence-corrected chi connectivity index (χ1v) is 4.29. The van der Waals surface area contributed by atoms with Gasteiger partial charge in [-0.2, -0.15) is 0 Å². The molecule has 0 aliphatic heterocycles. The molecule has 0 N–H and O–H groups in total. The Hall–Kier alpha value is -0.893. The molecule has 0 aliphatic carbocycles. The summed E-state index contributed by atoms with van der Waals surface area (Å²) in [6.45, 7) is 2.03. The van der Waals surface area contributed by atoms with Crippen LogP contribution in [0, 0.1) is 0 Å². The fourth-order valence-corrected chi connectivity index (χ4v) is 1.33. The summed E-state index contributed by atoms with van der Waals surface area (Å²) in [5.74, 6) is 0. The lowest BCUT2D eigenvalue weighted by atomic mass is 10.5. The monoisotopic (exact) mass is 147 g/mol. The highest BCUT2D eigenvalue weighted by atomic mass is 28.2. The lowest BCUT2D eigenvalue weighted by Gasteiger charge is -1.89. The molecule has 0 bridgehead atoms. The van der Waals surface area contributed by atoms with Crippen molar-refractivity contribution >= 4 is 14.7 Å². The van der Waals surface area contributed by atoms with Crippen molar-refractivity contribution in [3.05, 3.63) is 36.3 Å². The van der Waals surface area contributed by atoms with Crippen LogP contribution in [0.4, 0.5) is 0 Å². The minimum Gasteiger partial charge on any atom is -0.265 e. The van der Waals surface area contributed by atoms with Crippen LogP contribution in [-0.2, 0) is 0 Å². The SMILES string of the molecule is CC=C[Si]c1cccnc1. The number of hydrogen-bond donors (Lipinski definition) is 0. The Labute approximate surface area is 63.6 Å². The molecular weight excluding hydrogens is 138 g/mol. The van der Waals surface area contributed by atoms with E-state index in [1.807, 2.05) is 19.2 Å². The Balaban J connectivity index is 2.59. The summed E-state index contributed by atoms with van der Waals surface area (Å²) < 4.78 is 0. The summed E-state index contributed by atoms with van der Waals surface area (Å²) in [7, 11) is 0.761. The number of allylic oxidation sites excluding steroid dienone is 1. The van der Waals surface area contributed by atoms with E-state index in [9.17, 15) is 0 Å². The van der Waals surface area contributed by atoms with Gasteiger partial charge in [0.15, 0.2) is 0 Å². The number of rotatable bonds is 2. The first-order chi connectivity index (χ1) is 4.93. The summed E-state index contributed by atoms with van der Waals surface area (Å²) in [5, 5.41) is 1.29. The van der Waals surface area contributed by atoms with Crippen LogP contribution in [0.15, 0.2) is 36.3 Å². The highest BCUT2D eigenvalue weighted by molar-refractivity contribution is 6.58. The Kier molecular flexibility index (Phi) is 2.89. The molecule has 0 amide bonds. The maximum absolute atomic E-state index is 4.01. The molecule has 1 heterocycles. The van der Waals surface area contributed by atoms with E-state index in [1.54, 1.807) is 6.20 Å². The average molecular weight is 147 g/mol. The molecule has 1 rings (SSSR count). The standard InChI is InChI=1S/C8H9NSi/c1-2-6-10-8-4-3-5-9-7-8/h2-7H,1H3. The van der Waals surface area contributed by atoms with Gasteiger partial charge in [-0.25, -0.2) is 0 Å². The topological polar surface area (TPSA) is 12.9 Å². The van der Waals surface area contributed by atoms with Crippen LogP contribution in [0.2, 0.25) is 0 Å². The summed E-state index contributed by atoms with van der Waals surface area (Å²) >= 11 is 0. The Bertz CT molecular complexity index is 206. The second-order valence-corrected chi connectivity index (χ2v) is 3.09. The van der Waals surface area contributed by atoms with Crippen molar-refractivity contribution in [2.45, 2.75) is 6.92 Å². The minimum absolute atomic E-state index is 0.761. The van der Waals surface area contributed by atoms with Gasteiger partial charge in [0.05, 0.1) is 0 Å². The molecule has 0 saturated heterocycles. The van der Waals surface area contributed by atoms with Gasteiger partial charge in [0.2, 0.25) is 0 Å². The smallest absolute Gasteiger partial charge is 0.113 e. The minimum atomic E-state index is 0.761. The molecule has 10 heavy (non-hydrogen) atoms. The van der Waals surface area contributed by atoms with Crippen molar-refractivity contribution in [2.75, 3.05) is 0 Å². The molecule has 1 aromatic rings. The molecule has 0 fully saturated rings. The molecule has 0 aliphatic rings. The third-order valence-corrected chi connectivity index (χ3v) is 2.21. The molecule has 0 unspecified atom stereocenters. The maximum Gasteiger partial charge on any atom is 0.113 e. The van der Waals surface area contributed by atoms with Gasteiger partial charge in [-0.05, 0) is 18.2 Å². The first kappa shape index (κ1) is 7.22. The molecule has 2 heteroatoms. The summed E-state index contributed by atoms with van der Waals surface area (Å²) in [6, 6.07) is 4.05. The van der Waals surface area contributed by atoms with E-state index in [0.29, 0.717) is 0 Å².